The highest BCUT2D eigenvalue weighted by atomic mass is 19.1. The number of anilines is 1. The molecule has 3 heteroatoms. The Labute approximate surface area is 99.5 Å². The number of rotatable bonds is 1. The van der Waals surface area contributed by atoms with E-state index in [4.69, 9.17) is 0 Å². The molecule has 0 atom stereocenters. The summed E-state index contributed by atoms with van der Waals surface area (Å²) in [4.78, 5) is 11.8. The van der Waals surface area contributed by atoms with E-state index in [1.165, 1.54) is 12.1 Å². The number of allylic oxidation sites excluding steroid dienone is 1. The van der Waals surface area contributed by atoms with Crippen LogP contribution in [0.3, 0.4) is 0 Å². The lowest BCUT2D eigenvalue weighted by molar-refractivity contribution is -0.110. The largest absolute Gasteiger partial charge is 0.321 e. The number of carbonyl (C=O) groups is 1. The van der Waals surface area contributed by atoms with E-state index < -0.39 is 0 Å². The number of hydrogen-bond acceptors (Lipinski definition) is 1. The number of hydrogen-bond donors (Lipinski definition) is 1. The van der Waals surface area contributed by atoms with Crippen LogP contribution in [0.15, 0.2) is 24.3 Å². The topological polar surface area (TPSA) is 29.1 Å². The molecule has 2 nitrogen and oxygen atoms in total. The van der Waals surface area contributed by atoms with E-state index >= 15 is 0 Å². The lowest BCUT2D eigenvalue weighted by Gasteiger charge is -2.02. The molecule has 0 aromatic heterocycles. The van der Waals surface area contributed by atoms with Gasteiger partial charge in [-0.2, -0.15) is 0 Å². The molecule has 1 saturated carbocycles. The Bertz CT molecular complexity index is 501. The van der Waals surface area contributed by atoms with Crippen molar-refractivity contribution in [3.63, 3.8) is 0 Å². The molecular formula is C14H9FNO. The normalized spacial score (nSPS) is 21.9. The average molecular weight is 226 g/mol. The van der Waals surface area contributed by atoms with Crippen molar-refractivity contribution in [3.8, 4) is 0 Å². The molecule has 0 saturated heterocycles. The van der Waals surface area contributed by atoms with E-state index in [0.717, 1.165) is 5.92 Å². The van der Waals surface area contributed by atoms with E-state index in [1.54, 1.807) is 12.1 Å². The van der Waals surface area contributed by atoms with Crippen molar-refractivity contribution in [1.29, 1.82) is 0 Å². The summed E-state index contributed by atoms with van der Waals surface area (Å²) < 4.78 is 13.2. The highest BCUT2D eigenvalue weighted by Crippen LogP contribution is 2.35. The molecular weight excluding hydrogens is 217 g/mol. The van der Waals surface area contributed by atoms with Crippen LogP contribution in [0.4, 0.5) is 10.1 Å². The fourth-order valence-corrected chi connectivity index (χ4v) is 1.96. The summed E-state index contributed by atoms with van der Waals surface area (Å²) in [5.74, 6) is 0.410. The number of carbonyl (C=O) groups excluding carboxylic acids is 1. The lowest BCUT2D eigenvalue weighted by Crippen LogP contribution is -2.04. The molecule has 1 N–H and O–H groups in total. The predicted molar refractivity (Wildman–Crippen MR) is 63.4 cm³/mol. The van der Waals surface area contributed by atoms with Crippen LogP contribution in [0.2, 0.25) is 0 Å². The first-order valence-corrected chi connectivity index (χ1v) is 5.29. The molecule has 0 bridgehead atoms. The van der Waals surface area contributed by atoms with Gasteiger partial charge >= 0.3 is 0 Å². The highest BCUT2D eigenvalue weighted by molar-refractivity contribution is 6.31. The van der Waals surface area contributed by atoms with Crippen LogP contribution < -0.4 is 5.32 Å². The first-order chi connectivity index (χ1) is 8.24. The van der Waals surface area contributed by atoms with Gasteiger partial charge in [-0.1, -0.05) is 6.08 Å². The van der Waals surface area contributed by atoms with E-state index in [1.807, 2.05) is 25.7 Å². The zero-order chi connectivity index (χ0) is 11.8. The van der Waals surface area contributed by atoms with Crippen molar-refractivity contribution in [2.24, 2.45) is 0 Å². The van der Waals surface area contributed by atoms with Gasteiger partial charge in [0, 0.05) is 22.7 Å². The van der Waals surface area contributed by atoms with Crippen molar-refractivity contribution in [1.82, 2.24) is 0 Å². The molecule has 1 aromatic rings. The molecule has 1 fully saturated rings. The van der Waals surface area contributed by atoms with Crippen LogP contribution in [-0.4, -0.2) is 5.91 Å². The molecule has 5 radical (unpaired) electrons. The SMILES string of the molecule is O=C1Nc2ccc(F)cc2/C1=C/[C]1[CH][CH][CH][CH]1. The molecule has 1 amide bonds. The summed E-state index contributed by atoms with van der Waals surface area (Å²) in [6, 6.07) is 4.29. The van der Waals surface area contributed by atoms with Gasteiger partial charge < -0.3 is 5.32 Å². The smallest absolute Gasteiger partial charge is 0.256 e. The fraction of sp³-hybridized carbons (Fsp3) is 0. The average Bonchev–Trinajstić information content (AvgIpc) is 2.90. The van der Waals surface area contributed by atoms with Gasteiger partial charge in [-0.3, -0.25) is 4.79 Å². The van der Waals surface area contributed by atoms with E-state index in [-0.39, 0.29) is 11.7 Å². The van der Waals surface area contributed by atoms with E-state index in [9.17, 15) is 9.18 Å². The molecule has 0 unspecified atom stereocenters. The number of halogens is 1. The highest BCUT2D eigenvalue weighted by Gasteiger charge is 2.26. The summed E-state index contributed by atoms with van der Waals surface area (Å²) in [6.07, 6.45) is 9.35. The molecule has 3 rings (SSSR count). The van der Waals surface area contributed by atoms with Gasteiger partial charge in [0.1, 0.15) is 5.82 Å². The second-order valence-electron chi connectivity index (χ2n) is 3.92. The third-order valence-corrected chi connectivity index (χ3v) is 2.76. The lowest BCUT2D eigenvalue weighted by atomic mass is 10.00. The van der Waals surface area contributed by atoms with Crippen LogP contribution in [0.1, 0.15) is 5.56 Å². The van der Waals surface area contributed by atoms with Crippen molar-refractivity contribution in [3.05, 3.63) is 67.3 Å². The zero-order valence-corrected chi connectivity index (χ0v) is 8.91. The third kappa shape index (κ3) is 1.86. The minimum Gasteiger partial charge on any atom is -0.321 e. The molecule has 1 heterocycles. The Morgan fingerprint density at radius 2 is 1.94 bits per heavy atom. The maximum Gasteiger partial charge on any atom is 0.256 e. The van der Waals surface area contributed by atoms with Crippen LogP contribution in [0, 0.1) is 37.4 Å². The predicted octanol–water partition coefficient (Wildman–Crippen LogP) is 2.57. The third-order valence-electron chi connectivity index (χ3n) is 2.76. The van der Waals surface area contributed by atoms with Crippen LogP contribution in [-0.2, 0) is 4.79 Å². The Morgan fingerprint density at radius 3 is 2.71 bits per heavy atom. The Morgan fingerprint density at radius 1 is 1.18 bits per heavy atom. The number of nitrogens with one attached hydrogen (secondary N) is 1. The maximum absolute atomic E-state index is 13.2. The Balaban J connectivity index is 2.00. The number of fused-ring (bicyclic) bond motifs is 1. The number of benzene rings is 1. The molecule has 2 aliphatic rings. The minimum atomic E-state index is -0.339. The van der Waals surface area contributed by atoms with Gasteiger partial charge in [0.15, 0.2) is 0 Å². The zero-order valence-electron chi connectivity index (χ0n) is 8.91. The molecule has 0 spiro atoms. The summed E-state index contributed by atoms with van der Waals surface area (Å²) in [5, 5.41) is 2.71. The van der Waals surface area contributed by atoms with E-state index in [2.05, 4.69) is 5.32 Å². The molecule has 1 aliphatic heterocycles. The summed E-state index contributed by atoms with van der Waals surface area (Å²) >= 11 is 0. The first kappa shape index (κ1) is 10.5. The van der Waals surface area contributed by atoms with Crippen molar-refractivity contribution in [2.45, 2.75) is 0 Å². The number of amides is 1. The van der Waals surface area contributed by atoms with Crippen LogP contribution in [0.5, 0.6) is 0 Å². The standard InChI is InChI=1S/C14H9FNO/c15-10-5-6-13-11(8-10)12(14(17)16-13)7-9-3-1-2-4-9/h1-8H,(H,16,17)/b12-7-. The van der Waals surface area contributed by atoms with Gasteiger partial charge in [0.25, 0.3) is 5.91 Å². The Kier molecular flexibility index (Phi) is 2.46. The maximum atomic E-state index is 13.2. The Hall–Kier alpha value is -1.64. The van der Waals surface area contributed by atoms with Gasteiger partial charge in [0.05, 0.1) is 0 Å². The fourth-order valence-electron chi connectivity index (χ4n) is 1.96. The van der Waals surface area contributed by atoms with Gasteiger partial charge in [-0.05, 0) is 43.9 Å². The van der Waals surface area contributed by atoms with Crippen molar-refractivity contribution >= 4 is 17.2 Å². The van der Waals surface area contributed by atoms with Gasteiger partial charge in [0.2, 0.25) is 0 Å². The molecule has 17 heavy (non-hydrogen) atoms. The summed E-state index contributed by atoms with van der Waals surface area (Å²) in [5.41, 5.74) is 1.79. The molecule has 1 aromatic carbocycles. The second kappa shape index (κ2) is 3.99. The summed E-state index contributed by atoms with van der Waals surface area (Å²) in [7, 11) is 0. The van der Waals surface area contributed by atoms with Crippen molar-refractivity contribution in [2.75, 3.05) is 5.32 Å². The summed E-state index contributed by atoms with van der Waals surface area (Å²) in [6.45, 7) is 0. The molecule has 1 aliphatic carbocycles. The molecule has 83 valence electrons. The minimum absolute atomic E-state index is 0.188. The van der Waals surface area contributed by atoms with Gasteiger partial charge in [-0.25, -0.2) is 4.39 Å². The second-order valence-corrected chi connectivity index (χ2v) is 3.92. The van der Waals surface area contributed by atoms with E-state index in [0.29, 0.717) is 16.8 Å². The van der Waals surface area contributed by atoms with Crippen molar-refractivity contribution < 1.29 is 9.18 Å². The van der Waals surface area contributed by atoms with Crippen LogP contribution in [0.25, 0.3) is 5.57 Å². The van der Waals surface area contributed by atoms with Gasteiger partial charge in [-0.15, -0.1) is 0 Å². The monoisotopic (exact) mass is 226 g/mol. The van der Waals surface area contributed by atoms with Crippen LogP contribution >= 0.6 is 0 Å². The first-order valence-electron chi connectivity index (χ1n) is 5.29. The quantitative estimate of drug-likeness (QED) is 0.732.